The summed E-state index contributed by atoms with van der Waals surface area (Å²) in [6, 6.07) is 0.205. The van der Waals surface area contributed by atoms with E-state index in [0.29, 0.717) is 13.1 Å². The summed E-state index contributed by atoms with van der Waals surface area (Å²) in [5.41, 5.74) is 5.30. The van der Waals surface area contributed by atoms with Crippen molar-refractivity contribution in [3.63, 3.8) is 0 Å². The van der Waals surface area contributed by atoms with Gasteiger partial charge in [0.25, 0.3) is 0 Å². The number of sulfonamides is 1. The van der Waals surface area contributed by atoms with Gasteiger partial charge < -0.3 is 5.73 Å². The second kappa shape index (κ2) is 5.02. The zero-order valence-electron chi connectivity index (χ0n) is 10.6. The molecular weight excluding hydrogens is 224 g/mol. The highest BCUT2D eigenvalue weighted by atomic mass is 32.2. The van der Waals surface area contributed by atoms with E-state index in [9.17, 15) is 8.42 Å². The van der Waals surface area contributed by atoms with E-state index >= 15 is 0 Å². The minimum Gasteiger partial charge on any atom is -0.329 e. The summed E-state index contributed by atoms with van der Waals surface area (Å²) >= 11 is 0. The Morgan fingerprint density at radius 2 is 1.88 bits per heavy atom. The standard InChI is InChI=1S/C11H24N2O2S/c1-11(2,3)9-16(14,15)13(8-7-12)10-5-4-6-10/h10H,4-9,12H2,1-3H3. The van der Waals surface area contributed by atoms with Gasteiger partial charge in [0.1, 0.15) is 0 Å². The highest BCUT2D eigenvalue weighted by Gasteiger charge is 2.35. The van der Waals surface area contributed by atoms with E-state index in [1.165, 1.54) is 0 Å². The van der Waals surface area contributed by atoms with Gasteiger partial charge in [0.05, 0.1) is 5.75 Å². The van der Waals surface area contributed by atoms with Crippen LogP contribution in [0.5, 0.6) is 0 Å². The second-order valence-corrected chi connectivity index (χ2v) is 7.72. The van der Waals surface area contributed by atoms with Crippen molar-refractivity contribution in [1.29, 1.82) is 0 Å². The van der Waals surface area contributed by atoms with Gasteiger partial charge in [-0.2, -0.15) is 4.31 Å². The fourth-order valence-corrected chi connectivity index (χ4v) is 4.29. The van der Waals surface area contributed by atoms with Gasteiger partial charge in [-0.25, -0.2) is 8.42 Å². The molecule has 1 aliphatic carbocycles. The van der Waals surface area contributed by atoms with E-state index < -0.39 is 10.0 Å². The van der Waals surface area contributed by atoms with E-state index in [1.807, 2.05) is 20.8 Å². The van der Waals surface area contributed by atoms with E-state index in [-0.39, 0.29) is 17.2 Å². The van der Waals surface area contributed by atoms with Gasteiger partial charge >= 0.3 is 0 Å². The smallest absolute Gasteiger partial charge is 0.214 e. The van der Waals surface area contributed by atoms with Crippen LogP contribution in [0.2, 0.25) is 0 Å². The molecule has 1 rings (SSSR count). The van der Waals surface area contributed by atoms with Crippen molar-refractivity contribution in [2.24, 2.45) is 11.1 Å². The maximum atomic E-state index is 12.2. The first kappa shape index (κ1) is 13.9. The summed E-state index contributed by atoms with van der Waals surface area (Å²) < 4.78 is 26.1. The molecule has 2 N–H and O–H groups in total. The largest absolute Gasteiger partial charge is 0.329 e. The van der Waals surface area contributed by atoms with Crippen LogP contribution in [0.4, 0.5) is 0 Å². The molecule has 1 fully saturated rings. The molecule has 0 unspecified atom stereocenters. The SMILES string of the molecule is CC(C)(C)CS(=O)(=O)N(CCN)C1CCC1. The van der Waals surface area contributed by atoms with Gasteiger partial charge in [-0.1, -0.05) is 27.2 Å². The Bertz CT molecular complexity index is 315. The Balaban J connectivity index is 2.75. The fraction of sp³-hybridized carbons (Fsp3) is 1.00. The lowest BCUT2D eigenvalue weighted by Crippen LogP contribution is -2.48. The van der Waals surface area contributed by atoms with Gasteiger partial charge in [-0.3, -0.25) is 0 Å². The van der Waals surface area contributed by atoms with E-state index in [0.717, 1.165) is 19.3 Å². The Hall–Kier alpha value is -0.130. The molecule has 1 saturated carbocycles. The van der Waals surface area contributed by atoms with Crippen molar-refractivity contribution < 1.29 is 8.42 Å². The van der Waals surface area contributed by atoms with Crippen molar-refractivity contribution >= 4 is 10.0 Å². The minimum absolute atomic E-state index is 0.199. The summed E-state index contributed by atoms with van der Waals surface area (Å²) in [6.07, 6.45) is 3.11. The molecule has 0 aliphatic heterocycles. The first-order valence-corrected chi connectivity index (χ1v) is 7.57. The average molecular weight is 248 g/mol. The lowest BCUT2D eigenvalue weighted by molar-refractivity contribution is 0.221. The fourth-order valence-electron chi connectivity index (χ4n) is 1.98. The van der Waals surface area contributed by atoms with Crippen LogP contribution in [0.25, 0.3) is 0 Å². The third-order valence-electron chi connectivity index (χ3n) is 2.80. The van der Waals surface area contributed by atoms with E-state index in [1.54, 1.807) is 4.31 Å². The van der Waals surface area contributed by atoms with Gasteiger partial charge in [0, 0.05) is 19.1 Å². The van der Waals surface area contributed by atoms with E-state index in [2.05, 4.69) is 0 Å². The molecule has 0 aromatic heterocycles. The Kier molecular flexibility index (Phi) is 4.37. The van der Waals surface area contributed by atoms with Gasteiger partial charge in [0.15, 0.2) is 0 Å². The minimum atomic E-state index is -3.15. The molecule has 5 heteroatoms. The molecule has 0 bridgehead atoms. The number of hydrogen-bond donors (Lipinski definition) is 1. The molecule has 1 aliphatic rings. The highest BCUT2D eigenvalue weighted by molar-refractivity contribution is 7.89. The molecule has 0 radical (unpaired) electrons. The predicted molar refractivity (Wildman–Crippen MR) is 66.6 cm³/mol. The molecule has 0 aromatic rings. The lowest BCUT2D eigenvalue weighted by Gasteiger charge is -2.37. The quantitative estimate of drug-likeness (QED) is 0.794. The van der Waals surface area contributed by atoms with Crippen molar-refractivity contribution in [3.8, 4) is 0 Å². The third-order valence-corrected chi connectivity index (χ3v) is 5.23. The van der Waals surface area contributed by atoms with Crippen LogP contribution in [-0.4, -0.2) is 37.6 Å². The molecule has 16 heavy (non-hydrogen) atoms. The van der Waals surface area contributed by atoms with Crippen LogP contribution in [0, 0.1) is 5.41 Å². The summed E-state index contributed by atoms with van der Waals surface area (Å²) in [5, 5.41) is 0. The van der Waals surface area contributed by atoms with Crippen LogP contribution in [0.15, 0.2) is 0 Å². The number of hydrogen-bond acceptors (Lipinski definition) is 3. The highest BCUT2D eigenvalue weighted by Crippen LogP contribution is 2.29. The summed E-state index contributed by atoms with van der Waals surface area (Å²) in [5.74, 6) is 0.205. The van der Waals surface area contributed by atoms with Crippen LogP contribution >= 0.6 is 0 Å². The van der Waals surface area contributed by atoms with Crippen molar-refractivity contribution in [3.05, 3.63) is 0 Å². The summed E-state index contributed by atoms with van der Waals surface area (Å²) in [6.45, 7) is 6.72. The molecule has 4 nitrogen and oxygen atoms in total. The number of rotatable bonds is 5. The molecule has 0 spiro atoms. The Morgan fingerprint density at radius 1 is 1.31 bits per heavy atom. The normalized spacial score (nSPS) is 18.8. The zero-order chi connectivity index (χ0) is 12.4. The second-order valence-electron chi connectivity index (χ2n) is 5.80. The van der Waals surface area contributed by atoms with E-state index in [4.69, 9.17) is 5.73 Å². The monoisotopic (exact) mass is 248 g/mol. The maximum Gasteiger partial charge on any atom is 0.214 e. The summed E-state index contributed by atoms with van der Waals surface area (Å²) in [7, 11) is -3.15. The lowest BCUT2D eigenvalue weighted by atomic mass is 9.93. The first-order valence-electron chi connectivity index (χ1n) is 5.96. The molecule has 0 atom stereocenters. The topological polar surface area (TPSA) is 63.4 Å². The average Bonchev–Trinajstić information content (AvgIpc) is 1.95. The molecule has 0 aromatic carbocycles. The maximum absolute atomic E-state index is 12.2. The van der Waals surface area contributed by atoms with Gasteiger partial charge in [-0.05, 0) is 18.3 Å². The number of nitrogens with two attached hydrogens (primary N) is 1. The van der Waals surface area contributed by atoms with Crippen molar-refractivity contribution in [2.75, 3.05) is 18.8 Å². The van der Waals surface area contributed by atoms with Crippen molar-refractivity contribution in [1.82, 2.24) is 4.31 Å². The van der Waals surface area contributed by atoms with Gasteiger partial charge in [-0.15, -0.1) is 0 Å². The third kappa shape index (κ3) is 3.71. The van der Waals surface area contributed by atoms with Gasteiger partial charge in [0.2, 0.25) is 10.0 Å². The van der Waals surface area contributed by atoms with Crippen LogP contribution in [0.1, 0.15) is 40.0 Å². The van der Waals surface area contributed by atoms with Crippen LogP contribution in [-0.2, 0) is 10.0 Å². The van der Waals surface area contributed by atoms with Crippen LogP contribution < -0.4 is 5.73 Å². The molecule has 0 saturated heterocycles. The molecule has 0 amide bonds. The van der Waals surface area contributed by atoms with Crippen LogP contribution in [0.3, 0.4) is 0 Å². The Morgan fingerprint density at radius 3 is 2.19 bits per heavy atom. The molecule has 96 valence electrons. The zero-order valence-corrected chi connectivity index (χ0v) is 11.4. The van der Waals surface area contributed by atoms with Crippen molar-refractivity contribution in [2.45, 2.75) is 46.1 Å². The predicted octanol–water partition coefficient (Wildman–Crippen LogP) is 1.18. The summed E-state index contributed by atoms with van der Waals surface area (Å²) in [4.78, 5) is 0. The number of nitrogens with zero attached hydrogens (tertiary/aromatic N) is 1. The molecule has 0 heterocycles. The Labute approximate surface area is 99.2 Å². The molecular formula is C11H24N2O2S. The first-order chi connectivity index (χ1) is 7.26.